The topological polar surface area (TPSA) is 18.5 Å². The molecule has 0 N–H and O–H groups in total. The van der Waals surface area contributed by atoms with Crippen LogP contribution in [0.4, 0.5) is 13.2 Å². The van der Waals surface area contributed by atoms with Gasteiger partial charge in [-0.05, 0) is 79.9 Å². The first kappa shape index (κ1) is 27.0. The molecule has 0 bridgehead atoms. The first-order chi connectivity index (χ1) is 17.5. The van der Waals surface area contributed by atoms with Crippen LogP contribution in [-0.2, 0) is 11.3 Å². The maximum absolute atomic E-state index is 15.1. The summed E-state index contributed by atoms with van der Waals surface area (Å²) in [6.45, 7) is 5.16. The molecule has 5 heteroatoms. The van der Waals surface area contributed by atoms with E-state index in [0.717, 1.165) is 70.6 Å². The van der Waals surface area contributed by atoms with Gasteiger partial charge in [-0.1, -0.05) is 57.7 Å². The number of hydrogen-bond donors (Lipinski definition) is 0. The molecule has 36 heavy (non-hydrogen) atoms. The van der Waals surface area contributed by atoms with Crippen LogP contribution in [0.1, 0.15) is 113 Å². The first-order valence-electron chi connectivity index (χ1n) is 14.0. The molecule has 0 heterocycles. The van der Waals surface area contributed by atoms with Crippen molar-refractivity contribution in [3.05, 3.63) is 64.5 Å². The van der Waals surface area contributed by atoms with Crippen molar-refractivity contribution in [3.8, 4) is 5.75 Å². The van der Waals surface area contributed by atoms with Crippen molar-refractivity contribution in [1.82, 2.24) is 0 Å². The Morgan fingerprint density at radius 2 is 1.39 bits per heavy atom. The number of unbranched alkanes of at least 4 members (excludes halogenated alkanes) is 2. The maximum Gasteiger partial charge on any atom is 0.162 e. The van der Waals surface area contributed by atoms with Crippen molar-refractivity contribution in [2.45, 2.75) is 109 Å². The molecule has 2 aliphatic rings. The highest BCUT2D eigenvalue weighted by molar-refractivity contribution is 5.32. The Bertz CT molecular complexity index is 976. The third-order valence-electron chi connectivity index (χ3n) is 8.23. The lowest BCUT2D eigenvalue weighted by atomic mass is 9.77. The van der Waals surface area contributed by atoms with E-state index >= 15 is 8.78 Å². The van der Waals surface area contributed by atoms with Crippen LogP contribution in [0.25, 0.3) is 0 Å². The molecule has 0 aromatic heterocycles. The van der Waals surface area contributed by atoms with Gasteiger partial charge in [-0.25, -0.2) is 13.2 Å². The summed E-state index contributed by atoms with van der Waals surface area (Å²) in [6.07, 6.45) is 10.2. The third-order valence-corrected chi connectivity index (χ3v) is 8.23. The van der Waals surface area contributed by atoms with Crippen LogP contribution >= 0.6 is 0 Å². The summed E-state index contributed by atoms with van der Waals surface area (Å²) in [5.41, 5.74) is 1.57. The fourth-order valence-corrected chi connectivity index (χ4v) is 5.81. The van der Waals surface area contributed by atoms with E-state index in [-0.39, 0.29) is 30.4 Å². The molecule has 2 aliphatic carbocycles. The summed E-state index contributed by atoms with van der Waals surface area (Å²) >= 11 is 0. The van der Waals surface area contributed by atoms with E-state index in [1.165, 1.54) is 6.07 Å². The van der Waals surface area contributed by atoms with Crippen LogP contribution < -0.4 is 4.74 Å². The zero-order chi connectivity index (χ0) is 25.5. The Hall–Kier alpha value is -2.01. The zero-order valence-corrected chi connectivity index (χ0v) is 21.8. The molecule has 2 aromatic rings. The second kappa shape index (κ2) is 13.0. The molecule has 0 atom stereocenters. The van der Waals surface area contributed by atoms with Crippen molar-refractivity contribution < 1.29 is 22.6 Å². The Morgan fingerprint density at radius 3 is 1.97 bits per heavy atom. The fourth-order valence-electron chi connectivity index (χ4n) is 5.81. The molecule has 0 amide bonds. The van der Waals surface area contributed by atoms with E-state index in [0.29, 0.717) is 35.0 Å². The first-order valence-corrected chi connectivity index (χ1v) is 14.0. The minimum Gasteiger partial charge on any atom is -0.493 e. The lowest BCUT2D eigenvalue weighted by Crippen LogP contribution is -2.22. The quantitative estimate of drug-likeness (QED) is 0.302. The molecule has 0 spiro atoms. The Balaban J connectivity index is 1.26. The van der Waals surface area contributed by atoms with Crippen molar-refractivity contribution in [2.24, 2.45) is 5.92 Å². The number of hydrogen-bond acceptors (Lipinski definition) is 2. The van der Waals surface area contributed by atoms with Crippen molar-refractivity contribution in [2.75, 3.05) is 6.61 Å². The highest BCUT2D eigenvalue weighted by atomic mass is 19.2. The monoisotopic (exact) mass is 502 g/mol. The van der Waals surface area contributed by atoms with Crippen molar-refractivity contribution in [1.29, 1.82) is 0 Å². The maximum atomic E-state index is 15.1. The molecule has 2 fully saturated rings. The van der Waals surface area contributed by atoms with Gasteiger partial charge in [0.25, 0.3) is 0 Å². The minimum absolute atomic E-state index is 0.000606. The molecule has 0 radical (unpaired) electrons. The summed E-state index contributed by atoms with van der Waals surface area (Å²) in [6, 6.07) is 8.59. The van der Waals surface area contributed by atoms with E-state index in [2.05, 4.69) is 13.8 Å². The lowest BCUT2D eigenvalue weighted by molar-refractivity contribution is 0.0118. The van der Waals surface area contributed by atoms with Gasteiger partial charge < -0.3 is 9.47 Å². The van der Waals surface area contributed by atoms with Crippen molar-refractivity contribution >= 4 is 0 Å². The summed E-state index contributed by atoms with van der Waals surface area (Å²) in [7, 11) is 0. The van der Waals surface area contributed by atoms with Crippen LogP contribution in [0.15, 0.2) is 30.3 Å². The Kier molecular flexibility index (Phi) is 9.75. The van der Waals surface area contributed by atoms with E-state index < -0.39 is 11.6 Å². The predicted octanol–water partition coefficient (Wildman–Crippen LogP) is 9.21. The summed E-state index contributed by atoms with van der Waals surface area (Å²) < 4.78 is 56.2. The van der Waals surface area contributed by atoms with Crippen LogP contribution in [0.5, 0.6) is 5.75 Å². The van der Waals surface area contributed by atoms with Crippen LogP contribution in [0.3, 0.4) is 0 Å². The SMILES string of the molecule is CCCCCOc1ccc(COC2CCC(c3ccc(C4CCC(C)CC4)c(F)c3F)CC2)c(F)c1. The van der Waals surface area contributed by atoms with Crippen LogP contribution in [0.2, 0.25) is 0 Å². The molecule has 0 saturated heterocycles. The molecule has 4 rings (SSSR count). The van der Waals surface area contributed by atoms with Gasteiger partial charge in [0.2, 0.25) is 0 Å². The largest absolute Gasteiger partial charge is 0.493 e. The molecule has 2 nitrogen and oxygen atoms in total. The van der Waals surface area contributed by atoms with E-state index in [1.807, 2.05) is 12.1 Å². The van der Waals surface area contributed by atoms with Gasteiger partial charge in [0.15, 0.2) is 11.6 Å². The van der Waals surface area contributed by atoms with E-state index in [1.54, 1.807) is 12.1 Å². The molecular weight excluding hydrogens is 461 g/mol. The van der Waals surface area contributed by atoms with Gasteiger partial charge in [-0.15, -0.1) is 0 Å². The molecule has 0 aliphatic heterocycles. The standard InChI is InChI=1S/C31H41F3O2/c1-3-4-5-18-35-26-15-12-24(29(32)19-26)20-36-25-13-10-23(11-14-25)28-17-16-27(30(33)31(28)34)22-8-6-21(2)7-9-22/h12,15-17,19,21-23,25H,3-11,13-14,18,20H2,1-2H3. The molecule has 2 saturated carbocycles. The smallest absolute Gasteiger partial charge is 0.162 e. The van der Waals surface area contributed by atoms with Gasteiger partial charge in [-0.3, -0.25) is 0 Å². The molecule has 2 aromatic carbocycles. The number of benzene rings is 2. The number of rotatable bonds is 10. The Morgan fingerprint density at radius 1 is 0.778 bits per heavy atom. The molecule has 198 valence electrons. The second-order valence-electron chi connectivity index (χ2n) is 10.9. The van der Waals surface area contributed by atoms with Crippen molar-refractivity contribution in [3.63, 3.8) is 0 Å². The minimum atomic E-state index is -0.658. The number of ether oxygens (including phenoxy) is 2. The molecular formula is C31H41F3O2. The Labute approximate surface area is 214 Å². The van der Waals surface area contributed by atoms with Gasteiger partial charge in [0.1, 0.15) is 11.6 Å². The van der Waals surface area contributed by atoms with Gasteiger partial charge in [0.05, 0.1) is 19.3 Å². The van der Waals surface area contributed by atoms with E-state index in [4.69, 9.17) is 9.47 Å². The fraction of sp³-hybridized carbons (Fsp3) is 0.613. The van der Waals surface area contributed by atoms with Gasteiger partial charge in [0, 0.05) is 11.6 Å². The normalized spacial score (nSPS) is 24.6. The highest BCUT2D eigenvalue weighted by Crippen LogP contribution is 2.40. The highest BCUT2D eigenvalue weighted by Gasteiger charge is 2.29. The second-order valence-corrected chi connectivity index (χ2v) is 10.9. The lowest BCUT2D eigenvalue weighted by Gasteiger charge is -2.30. The summed E-state index contributed by atoms with van der Waals surface area (Å²) in [5, 5.41) is 0. The average molecular weight is 503 g/mol. The van der Waals surface area contributed by atoms with E-state index in [9.17, 15) is 4.39 Å². The van der Waals surface area contributed by atoms with Gasteiger partial charge >= 0.3 is 0 Å². The van der Waals surface area contributed by atoms with Crippen LogP contribution in [-0.4, -0.2) is 12.7 Å². The van der Waals surface area contributed by atoms with Crippen LogP contribution in [0, 0.1) is 23.4 Å². The zero-order valence-electron chi connectivity index (χ0n) is 21.8. The average Bonchev–Trinajstić information content (AvgIpc) is 2.89. The third kappa shape index (κ3) is 6.85. The predicted molar refractivity (Wildman–Crippen MR) is 138 cm³/mol. The van der Waals surface area contributed by atoms with Gasteiger partial charge in [-0.2, -0.15) is 0 Å². The summed E-state index contributed by atoms with van der Waals surface area (Å²) in [4.78, 5) is 0. The summed E-state index contributed by atoms with van der Waals surface area (Å²) in [5.74, 6) is -0.256. The number of halogens is 3. The molecule has 0 unspecified atom stereocenters.